The zero-order valence-corrected chi connectivity index (χ0v) is 14.0. The van der Waals surface area contributed by atoms with Crippen molar-refractivity contribution in [2.75, 3.05) is 36.0 Å². The summed E-state index contributed by atoms with van der Waals surface area (Å²) >= 11 is 6.29. The van der Waals surface area contributed by atoms with Gasteiger partial charge in [0.2, 0.25) is 0 Å². The Labute approximate surface area is 143 Å². The topological polar surface area (TPSA) is 70.1 Å². The minimum absolute atomic E-state index is 0.179. The molecule has 1 aromatic carbocycles. The van der Waals surface area contributed by atoms with Crippen LogP contribution < -0.4 is 15.5 Å². The summed E-state index contributed by atoms with van der Waals surface area (Å²) in [5, 5.41) is 0.766. The number of piperazine rings is 1. The van der Waals surface area contributed by atoms with Crippen LogP contribution in [0.25, 0.3) is 11.2 Å². The van der Waals surface area contributed by atoms with Gasteiger partial charge < -0.3 is 14.8 Å². The predicted octanol–water partition coefficient (Wildman–Crippen LogP) is 1.64. The molecule has 1 saturated heterocycles. The van der Waals surface area contributed by atoms with Gasteiger partial charge in [-0.1, -0.05) is 23.7 Å². The molecular formula is C16H17ClN6O. The summed E-state index contributed by atoms with van der Waals surface area (Å²) in [5.74, 6) is 0.775. The summed E-state index contributed by atoms with van der Waals surface area (Å²) in [6.45, 7) is 3.28. The average molecular weight is 345 g/mol. The molecule has 0 unspecified atom stereocenters. The van der Waals surface area contributed by atoms with Gasteiger partial charge >= 0.3 is 5.69 Å². The number of hydrogen-bond acceptors (Lipinski definition) is 5. The second-order valence-electron chi connectivity index (χ2n) is 5.81. The van der Waals surface area contributed by atoms with Crippen molar-refractivity contribution in [2.45, 2.75) is 0 Å². The third-order valence-electron chi connectivity index (χ3n) is 4.43. The van der Waals surface area contributed by atoms with E-state index in [1.165, 1.54) is 10.9 Å². The lowest BCUT2D eigenvalue weighted by atomic mass is 10.2. The van der Waals surface area contributed by atoms with Crippen LogP contribution in [-0.2, 0) is 7.05 Å². The van der Waals surface area contributed by atoms with Gasteiger partial charge in [-0.15, -0.1) is 0 Å². The van der Waals surface area contributed by atoms with E-state index in [1.54, 1.807) is 7.05 Å². The Kier molecular flexibility index (Phi) is 3.65. The number of aryl methyl sites for hydroxylation is 1. The highest BCUT2D eigenvalue weighted by molar-refractivity contribution is 6.33. The Bertz CT molecular complexity index is 941. The molecule has 0 aliphatic carbocycles. The molecule has 1 N–H and O–H groups in total. The molecule has 0 bridgehead atoms. The lowest BCUT2D eigenvalue weighted by Crippen LogP contribution is -2.47. The maximum atomic E-state index is 11.8. The Morgan fingerprint density at radius 3 is 2.54 bits per heavy atom. The molecule has 0 amide bonds. The molecule has 3 aromatic rings. The second-order valence-corrected chi connectivity index (χ2v) is 6.22. The highest BCUT2D eigenvalue weighted by Crippen LogP contribution is 2.27. The smallest absolute Gasteiger partial charge is 0.327 e. The summed E-state index contributed by atoms with van der Waals surface area (Å²) in [5.41, 5.74) is 2.19. The fourth-order valence-electron chi connectivity index (χ4n) is 3.13. The molecule has 0 radical (unpaired) electrons. The molecule has 0 atom stereocenters. The van der Waals surface area contributed by atoms with Crippen LogP contribution in [-0.4, -0.2) is 45.7 Å². The number of rotatable bonds is 2. The molecule has 8 heteroatoms. The van der Waals surface area contributed by atoms with Crippen LogP contribution in [0.3, 0.4) is 0 Å². The molecular weight excluding hydrogens is 328 g/mol. The van der Waals surface area contributed by atoms with Gasteiger partial charge in [-0.25, -0.2) is 14.8 Å². The fraction of sp³-hybridized carbons (Fsp3) is 0.312. The molecule has 24 heavy (non-hydrogen) atoms. The lowest BCUT2D eigenvalue weighted by Gasteiger charge is -2.37. The minimum Gasteiger partial charge on any atom is -0.367 e. The van der Waals surface area contributed by atoms with Gasteiger partial charge in [-0.3, -0.25) is 4.57 Å². The first kappa shape index (κ1) is 15.0. The second kappa shape index (κ2) is 5.83. The molecule has 124 valence electrons. The first-order chi connectivity index (χ1) is 11.6. The number of aromatic amines is 1. The first-order valence-electron chi connectivity index (χ1n) is 7.79. The summed E-state index contributed by atoms with van der Waals surface area (Å²) in [4.78, 5) is 27.7. The van der Waals surface area contributed by atoms with Crippen LogP contribution in [0.5, 0.6) is 0 Å². The number of H-pyrrole nitrogens is 1. The fourth-order valence-corrected chi connectivity index (χ4v) is 3.38. The number of benzene rings is 1. The van der Waals surface area contributed by atoms with Crippen LogP contribution in [0.4, 0.5) is 11.5 Å². The third kappa shape index (κ3) is 2.41. The van der Waals surface area contributed by atoms with Crippen molar-refractivity contribution in [3.05, 3.63) is 46.1 Å². The van der Waals surface area contributed by atoms with Crippen molar-refractivity contribution in [2.24, 2.45) is 7.05 Å². The molecule has 1 fully saturated rings. The SMILES string of the molecule is Cn1c(=O)[nH]c2c(N3CCN(c4ccccc4Cl)CC3)ncnc21. The van der Waals surface area contributed by atoms with Crippen molar-refractivity contribution in [1.29, 1.82) is 0 Å². The standard InChI is InChI=1S/C16H17ClN6O/c1-21-14-13(20-16(21)24)15(19-10-18-14)23-8-6-22(7-9-23)12-5-3-2-4-11(12)17/h2-5,10H,6-9H2,1H3,(H,20,24). The summed E-state index contributed by atoms with van der Waals surface area (Å²) in [6.07, 6.45) is 1.51. The summed E-state index contributed by atoms with van der Waals surface area (Å²) in [6, 6.07) is 7.88. The van der Waals surface area contributed by atoms with Crippen molar-refractivity contribution in [3.63, 3.8) is 0 Å². The first-order valence-corrected chi connectivity index (χ1v) is 8.17. The van der Waals surface area contributed by atoms with Crippen molar-refractivity contribution >= 4 is 34.3 Å². The molecule has 2 aromatic heterocycles. The van der Waals surface area contributed by atoms with E-state index in [-0.39, 0.29) is 5.69 Å². The molecule has 7 nitrogen and oxygen atoms in total. The van der Waals surface area contributed by atoms with Crippen LogP contribution in [0, 0.1) is 0 Å². The largest absolute Gasteiger partial charge is 0.367 e. The lowest BCUT2D eigenvalue weighted by molar-refractivity contribution is 0.648. The number of para-hydroxylation sites is 1. The van der Waals surface area contributed by atoms with Crippen LogP contribution in [0.2, 0.25) is 5.02 Å². The molecule has 4 rings (SSSR count). The number of fused-ring (bicyclic) bond motifs is 1. The zero-order valence-electron chi connectivity index (χ0n) is 13.2. The van der Waals surface area contributed by atoms with E-state index in [0.29, 0.717) is 11.2 Å². The normalized spacial score (nSPS) is 15.2. The molecule has 1 aliphatic heterocycles. The maximum absolute atomic E-state index is 11.8. The van der Waals surface area contributed by atoms with E-state index in [0.717, 1.165) is 42.7 Å². The number of hydrogen-bond donors (Lipinski definition) is 1. The van der Waals surface area contributed by atoms with Crippen LogP contribution >= 0.6 is 11.6 Å². The van der Waals surface area contributed by atoms with Gasteiger partial charge in [-0.2, -0.15) is 0 Å². The third-order valence-corrected chi connectivity index (χ3v) is 4.75. The van der Waals surface area contributed by atoms with Crippen LogP contribution in [0.1, 0.15) is 0 Å². The molecule has 1 aliphatic rings. The van der Waals surface area contributed by atoms with Gasteiger partial charge in [0.1, 0.15) is 11.8 Å². The summed E-state index contributed by atoms with van der Waals surface area (Å²) in [7, 11) is 1.70. The van der Waals surface area contributed by atoms with E-state index >= 15 is 0 Å². The maximum Gasteiger partial charge on any atom is 0.327 e. The van der Waals surface area contributed by atoms with Crippen molar-refractivity contribution in [1.82, 2.24) is 19.5 Å². The monoisotopic (exact) mass is 344 g/mol. The highest BCUT2D eigenvalue weighted by atomic mass is 35.5. The van der Waals surface area contributed by atoms with Gasteiger partial charge in [-0.05, 0) is 12.1 Å². The predicted molar refractivity (Wildman–Crippen MR) is 95.0 cm³/mol. The van der Waals surface area contributed by atoms with E-state index < -0.39 is 0 Å². The number of nitrogens with one attached hydrogen (secondary N) is 1. The highest BCUT2D eigenvalue weighted by Gasteiger charge is 2.22. The summed E-state index contributed by atoms with van der Waals surface area (Å²) < 4.78 is 1.50. The number of aromatic nitrogens is 4. The van der Waals surface area contributed by atoms with Crippen molar-refractivity contribution < 1.29 is 0 Å². The molecule has 0 spiro atoms. The quantitative estimate of drug-likeness (QED) is 0.765. The van der Waals surface area contributed by atoms with E-state index in [9.17, 15) is 4.79 Å². The molecule has 0 saturated carbocycles. The van der Waals surface area contributed by atoms with E-state index in [2.05, 4.69) is 24.8 Å². The number of imidazole rings is 1. The Morgan fingerprint density at radius 1 is 1.08 bits per heavy atom. The zero-order chi connectivity index (χ0) is 16.7. The van der Waals surface area contributed by atoms with Crippen LogP contribution in [0.15, 0.2) is 35.4 Å². The Balaban J connectivity index is 1.60. The van der Waals surface area contributed by atoms with E-state index in [4.69, 9.17) is 11.6 Å². The van der Waals surface area contributed by atoms with Crippen molar-refractivity contribution in [3.8, 4) is 0 Å². The van der Waals surface area contributed by atoms with Gasteiger partial charge in [0, 0.05) is 33.2 Å². The minimum atomic E-state index is -0.179. The number of halogens is 1. The number of nitrogens with zero attached hydrogens (tertiary/aromatic N) is 5. The average Bonchev–Trinajstić information content (AvgIpc) is 2.90. The van der Waals surface area contributed by atoms with E-state index in [1.807, 2.05) is 24.3 Å². The number of anilines is 2. The van der Waals surface area contributed by atoms with Gasteiger partial charge in [0.05, 0.1) is 10.7 Å². The Morgan fingerprint density at radius 2 is 1.79 bits per heavy atom. The Hall–Kier alpha value is -2.54. The molecule has 3 heterocycles. The van der Waals surface area contributed by atoms with Gasteiger partial charge in [0.15, 0.2) is 11.5 Å². The van der Waals surface area contributed by atoms with Gasteiger partial charge in [0.25, 0.3) is 0 Å².